The number of rotatable bonds is 4. The van der Waals surface area contributed by atoms with Crippen LogP contribution in [-0.4, -0.2) is 29.9 Å². The first-order valence-corrected chi connectivity index (χ1v) is 11.5. The third kappa shape index (κ3) is 3.56. The van der Waals surface area contributed by atoms with E-state index in [-0.39, 0.29) is 5.91 Å². The number of hydrogen-bond donors (Lipinski definition) is 1. The Hall–Kier alpha value is -4.08. The first kappa shape index (κ1) is 22.7. The number of ether oxygens (including phenoxy) is 1. The van der Waals surface area contributed by atoms with E-state index in [0.29, 0.717) is 16.3 Å². The number of fused-ring (bicyclic) bond motifs is 3. The van der Waals surface area contributed by atoms with E-state index in [1.807, 2.05) is 65.6 Å². The van der Waals surface area contributed by atoms with Crippen LogP contribution in [0.15, 0.2) is 85.1 Å². The lowest BCUT2D eigenvalue weighted by atomic mass is 9.67. The summed E-state index contributed by atoms with van der Waals surface area (Å²) < 4.78 is 5.25. The molecule has 0 saturated carbocycles. The molecule has 174 valence electrons. The molecule has 4 atom stereocenters. The highest BCUT2D eigenvalue weighted by atomic mass is 35.5. The molecule has 0 spiro atoms. The van der Waals surface area contributed by atoms with E-state index < -0.39 is 29.4 Å². The maximum Gasteiger partial charge on any atom is 0.329 e. The Kier molecular flexibility index (Phi) is 5.80. The molecule has 2 aliphatic heterocycles. The van der Waals surface area contributed by atoms with Crippen LogP contribution in [0.2, 0.25) is 5.02 Å². The van der Waals surface area contributed by atoms with E-state index in [1.165, 1.54) is 7.11 Å². The van der Waals surface area contributed by atoms with E-state index in [4.69, 9.17) is 16.3 Å². The van der Waals surface area contributed by atoms with Gasteiger partial charge in [-0.1, -0.05) is 66.2 Å². The van der Waals surface area contributed by atoms with Gasteiger partial charge in [0.05, 0.1) is 19.2 Å². The fourth-order valence-electron chi connectivity index (χ4n) is 5.38. The van der Waals surface area contributed by atoms with Crippen molar-refractivity contribution in [2.75, 3.05) is 12.4 Å². The second kappa shape index (κ2) is 8.94. The molecule has 1 fully saturated rings. The summed E-state index contributed by atoms with van der Waals surface area (Å²) in [7, 11) is 1.28. The Balaban J connectivity index is 1.72. The van der Waals surface area contributed by atoms with Crippen LogP contribution in [0.25, 0.3) is 6.08 Å². The van der Waals surface area contributed by atoms with Crippen molar-refractivity contribution in [2.45, 2.75) is 18.0 Å². The van der Waals surface area contributed by atoms with Crippen molar-refractivity contribution in [3.05, 3.63) is 107 Å². The first-order valence-electron chi connectivity index (χ1n) is 11.2. The Labute approximate surface area is 208 Å². The molecule has 2 heterocycles. The maximum atomic E-state index is 13.9. The van der Waals surface area contributed by atoms with Crippen molar-refractivity contribution >= 4 is 35.2 Å². The minimum absolute atomic E-state index is 0.337. The average molecular weight is 484 g/mol. The molecule has 1 amide bonds. The molecular formula is C28H22ClN3O3. The van der Waals surface area contributed by atoms with E-state index >= 15 is 0 Å². The zero-order chi connectivity index (χ0) is 24.6. The molecule has 0 radical (unpaired) electrons. The van der Waals surface area contributed by atoms with Gasteiger partial charge in [0.2, 0.25) is 5.91 Å². The predicted octanol–water partition coefficient (Wildman–Crippen LogP) is 5.16. The van der Waals surface area contributed by atoms with Gasteiger partial charge in [-0.3, -0.25) is 9.59 Å². The highest BCUT2D eigenvalue weighted by Gasteiger charge is 2.67. The number of nitrogens with one attached hydrogen (secondary N) is 1. The summed E-state index contributed by atoms with van der Waals surface area (Å²) >= 11 is 6.01. The number of nitriles is 1. The highest BCUT2D eigenvalue weighted by molar-refractivity contribution is 6.30. The van der Waals surface area contributed by atoms with Crippen molar-refractivity contribution in [1.29, 1.82) is 5.26 Å². The smallest absolute Gasteiger partial charge is 0.329 e. The number of anilines is 1. The number of halogens is 1. The summed E-state index contributed by atoms with van der Waals surface area (Å²) in [5.41, 5.74) is 1.29. The van der Waals surface area contributed by atoms with Crippen molar-refractivity contribution in [3.63, 3.8) is 0 Å². The summed E-state index contributed by atoms with van der Waals surface area (Å²) in [5, 5.41) is 14.2. The molecule has 2 aliphatic rings. The van der Waals surface area contributed by atoms with Crippen LogP contribution in [0, 0.1) is 16.7 Å². The SMILES string of the molecule is COC(=O)[C@@]1(C#N)[C@H](c2ccccc2)[C@@H](C(=O)Nc2ccc(Cl)cc2)N2C=Cc3ccccc3[C@H]21. The largest absolute Gasteiger partial charge is 0.468 e. The van der Waals surface area contributed by atoms with Gasteiger partial charge in [-0.05, 0) is 47.0 Å². The number of carbonyl (C=O) groups excluding carboxylic acids is 2. The molecular weight excluding hydrogens is 462 g/mol. The van der Waals surface area contributed by atoms with Crippen LogP contribution in [0.3, 0.4) is 0 Å². The van der Waals surface area contributed by atoms with Crippen LogP contribution >= 0.6 is 11.6 Å². The summed E-state index contributed by atoms with van der Waals surface area (Å²) in [6.45, 7) is 0. The molecule has 5 rings (SSSR count). The number of carbonyl (C=O) groups is 2. The summed E-state index contributed by atoms with van der Waals surface area (Å²) in [4.78, 5) is 29.2. The number of amides is 1. The van der Waals surface area contributed by atoms with Gasteiger partial charge in [0, 0.05) is 22.8 Å². The van der Waals surface area contributed by atoms with Crippen molar-refractivity contribution in [3.8, 4) is 6.07 Å². The molecule has 0 unspecified atom stereocenters. The van der Waals surface area contributed by atoms with E-state index in [9.17, 15) is 14.9 Å². The van der Waals surface area contributed by atoms with Gasteiger partial charge in [0.25, 0.3) is 0 Å². The van der Waals surface area contributed by atoms with Crippen molar-refractivity contribution < 1.29 is 14.3 Å². The molecule has 1 saturated heterocycles. The number of esters is 1. The summed E-state index contributed by atoms with van der Waals surface area (Å²) in [5.74, 6) is -1.80. The van der Waals surface area contributed by atoms with Crippen molar-refractivity contribution in [1.82, 2.24) is 4.90 Å². The molecule has 35 heavy (non-hydrogen) atoms. The number of nitrogens with zero attached hydrogens (tertiary/aromatic N) is 2. The quantitative estimate of drug-likeness (QED) is 0.518. The Morgan fingerprint density at radius 3 is 2.40 bits per heavy atom. The fourth-order valence-corrected chi connectivity index (χ4v) is 5.50. The van der Waals surface area contributed by atoms with Crippen molar-refractivity contribution in [2.24, 2.45) is 5.41 Å². The fraction of sp³-hybridized carbons (Fsp3) is 0.179. The lowest BCUT2D eigenvalue weighted by Crippen LogP contribution is -2.42. The van der Waals surface area contributed by atoms with Gasteiger partial charge >= 0.3 is 5.97 Å². The summed E-state index contributed by atoms with van der Waals surface area (Å²) in [6, 6.07) is 24.4. The topological polar surface area (TPSA) is 82.4 Å². The monoisotopic (exact) mass is 483 g/mol. The van der Waals surface area contributed by atoms with Gasteiger partial charge in [0.1, 0.15) is 6.04 Å². The van der Waals surface area contributed by atoms with Crippen LogP contribution in [-0.2, 0) is 14.3 Å². The number of benzene rings is 3. The van der Waals surface area contributed by atoms with Gasteiger partial charge in [0.15, 0.2) is 5.41 Å². The lowest BCUT2D eigenvalue weighted by molar-refractivity contribution is -0.151. The predicted molar refractivity (Wildman–Crippen MR) is 133 cm³/mol. The molecule has 3 aromatic carbocycles. The number of hydrogen-bond acceptors (Lipinski definition) is 5. The minimum Gasteiger partial charge on any atom is -0.468 e. The van der Waals surface area contributed by atoms with Gasteiger partial charge in [-0.2, -0.15) is 5.26 Å². The zero-order valence-electron chi connectivity index (χ0n) is 18.9. The maximum absolute atomic E-state index is 13.9. The minimum atomic E-state index is -1.67. The van der Waals surface area contributed by atoms with E-state index in [2.05, 4.69) is 11.4 Å². The van der Waals surface area contributed by atoms with Crippen LogP contribution in [0.4, 0.5) is 5.69 Å². The van der Waals surface area contributed by atoms with Crippen LogP contribution < -0.4 is 5.32 Å². The first-order chi connectivity index (χ1) is 17.0. The molecule has 7 heteroatoms. The Morgan fingerprint density at radius 1 is 1.03 bits per heavy atom. The second-order valence-corrected chi connectivity index (χ2v) is 9.03. The van der Waals surface area contributed by atoms with E-state index in [0.717, 1.165) is 11.1 Å². The van der Waals surface area contributed by atoms with Gasteiger partial charge in [-0.15, -0.1) is 0 Å². The molecule has 0 bridgehead atoms. The highest BCUT2D eigenvalue weighted by Crippen LogP contribution is 2.60. The molecule has 6 nitrogen and oxygen atoms in total. The average Bonchev–Trinajstić information content (AvgIpc) is 3.22. The standard InChI is InChI=1S/C28H22ClN3O3/c1-35-27(34)28(17-30)23(19-8-3-2-4-9-19)24(26(33)31-21-13-11-20(29)12-14-21)32-16-15-18-7-5-6-10-22(18)25(28)32/h2-16,23-25H,1H3,(H,31,33)/t23-,24+,25+,28+/m1/s1. The van der Waals surface area contributed by atoms with Crippen LogP contribution in [0.1, 0.15) is 28.7 Å². The third-order valence-corrected chi connectivity index (χ3v) is 7.07. The normalized spacial score (nSPS) is 24.1. The Bertz CT molecular complexity index is 1350. The molecule has 3 aromatic rings. The molecule has 0 aromatic heterocycles. The summed E-state index contributed by atoms with van der Waals surface area (Å²) in [6.07, 6.45) is 3.71. The van der Waals surface area contributed by atoms with Crippen LogP contribution in [0.5, 0.6) is 0 Å². The lowest BCUT2D eigenvalue weighted by Gasteiger charge is -2.35. The third-order valence-electron chi connectivity index (χ3n) is 6.82. The Morgan fingerprint density at radius 2 is 1.71 bits per heavy atom. The zero-order valence-corrected chi connectivity index (χ0v) is 19.6. The molecule has 1 N–H and O–H groups in total. The van der Waals surface area contributed by atoms with Gasteiger partial charge < -0.3 is 15.0 Å². The van der Waals surface area contributed by atoms with E-state index in [1.54, 1.807) is 30.5 Å². The number of methoxy groups -OCH3 is 1. The molecule has 0 aliphatic carbocycles. The van der Waals surface area contributed by atoms with Gasteiger partial charge in [-0.25, -0.2) is 0 Å². The second-order valence-electron chi connectivity index (χ2n) is 8.60.